The zero-order chi connectivity index (χ0) is 29.8. The Morgan fingerprint density at radius 3 is 1.14 bits per heavy atom. The van der Waals surface area contributed by atoms with Gasteiger partial charge in [-0.25, -0.2) is 0 Å². The van der Waals surface area contributed by atoms with Crippen LogP contribution in [0.1, 0.15) is 88.2 Å². The Hall–Kier alpha value is -3.54. The fraction of sp³-hybridized carbons (Fsp3) is 0.526. The number of phenols is 2. The number of aromatic hydroxyl groups is 2. The Bertz CT molecular complexity index is 1450. The third kappa shape index (κ3) is 4.05. The minimum Gasteiger partial charge on any atom is -0.503 e. The maximum atomic E-state index is 11.1. The molecule has 0 aliphatic heterocycles. The number of benzene rings is 3. The fourth-order valence-electron chi connectivity index (χ4n) is 11.9. The van der Waals surface area contributed by atoms with Crippen molar-refractivity contribution in [2.75, 3.05) is 11.5 Å². The van der Waals surface area contributed by atoms with Gasteiger partial charge >= 0.3 is 0 Å². The first-order valence-corrected chi connectivity index (χ1v) is 17.0. The molecule has 230 valence electrons. The van der Waals surface area contributed by atoms with Gasteiger partial charge in [-0.15, -0.1) is 0 Å². The molecule has 0 radical (unpaired) electrons. The average Bonchev–Trinajstić information content (AvgIpc) is 2.97. The molecule has 3 aromatic carbocycles. The van der Waals surface area contributed by atoms with Crippen molar-refractivity contribution in [1.82, 2.24) is 0 Å². The van der Waals surface area contributed by atoms with E-state index in [1.807, 2.05) is 12.1 Å². The molecule has 8 aliphatic carbocycles. The van der Waals surface area contributed by atoms with Gasteiger partial charge in [-0.1, -0.05) is 24.3 Å². The van der Waals surface area contributed by atoms with E-state index in [0.29, 0.717) is 23.0 Å². The van der Waals surface area contributed by atoms with Crippen LogP contribution in [0.4, 0.5) is 11.4 Å². The van der Waals surface area contributed by atoms with Gasteiger partial charge in [-0.05, 0) is 148 Å². The maximum Gasteiger partial charge on any atom is 0.181 e. The summed E-state index contributed by atoms with van der Waals surface area (Å²) in [6, 6.07) is 15.3. The molecule has 8 fully saturated rings. The molecule has 0 atom stereocenters. The van der Waals surface area contributed by atoms with Crippen molar-refractivity contribution in [3.05, 3.63) is 59.7 Å². The van der Waals surface area contributed by atoms with Crippen LogP contribution in [0.5, 0.6) is 34.5 Å². The number of nitrogen functional groups attached to an aromatic ring is 2. The van der Waals surface area contributed by atoms with Gasteiger partial charge in [0.1, 0.15) is 0 Å². The normalized spacial score (nSPS) is 36.1. The van der Waals surface area contributed by atoms with Gasteiger partial charge in [0, 0.05) is 11.1 Å². The van der Waals surface area contributed by atoms with E-state index < -0.39 is 0 Å². The molecule has 8 bridgehead atoms. The van der Waals surface area contributed by atoms with Gasteiger partial charge < -0.3 is 31.2 Å². The van der Waals surface area contributed by atoms with Crippen LogP contribution in [0.2, 0.25) is 0 Å². The highest BCUT2D eigenvalue weighted by atomic mass is 16.5. The third-order valence-corrected chi connectivity index (χ3v) is 12.8. The first-order valence-electron chi connectivity index (χ1n) is 17.0. The molecule has 6 N–H and O–H groups in total. The molecule has 11 rings (SSSR count). The smallest absolute Gasteiger partial charge is 0.181 e. The van der Waals surface area contributed by atoms with Gasteiger partial charge in [0.2, 0.25) is 0 Å². The summed E-state index contributed by atoms with van der Waals surface area (Å²) in [5, 5.41) is 22.2. The number of phenolic OH excluding ortho intramolecular Hbond substituents is 2. The molecule has 0 aromatic heterocycles. The lowest BCUT2D eigenvalue weighted by molar-refractivity contribution is -0.00834. The van der Waals surface area contributed by atoms with Crippen molar-refractivity contribution >= 4 is 11.4 Å². The second kappa shape index (κ2) is 9.48. The molecule has 0 saturated heterocycles. The average molecular weight is 593 g/mol. The summed E-state index contributed by atoms with van der Waals surface area (Å²) in [5.74, 6) is 6.43. The predicted octanol–water partition coefficient (Wildman–Crippen LogP) is 8.78. The van der Waals surface area contributed by atoms with Crippen molar-refractivity contribution in [2.45, 2.75) is 87.9 Å². The number of ether oxygens (including phenoxy) is 2. The molecule has 44 heavy (non-hydrogen) atoms. The summed E-state index contributed by atoms with van der Waals surface area (Å²) in [7, 11) is 0. The van der Waals surface area contributed by atoms with E-state index in [1.54, 1.807) is 24.3 Å². The summed E-state index contributed by atoms with van der Waals surface area (Å²) in [5.41, 5.74) is 15.3. The van der Waals surface area contributed by atoms with E-state index in [0.717, 1.165) is 35.5 Å². The molecule has 0 spiro atoms. The number of para-hydroxylation sites is 2. The van der Waals surface area contributed by atoms with Crippen LogP contribution in [0.25, 0.3) is 0 Å². The fourth-order valence-corrected chi connectivity index (χ4v) is 11.9. The highest BCUT2D eigenvalue weighted by Gasteiger charge is 2.56. The van der Waals surface area contributed by atoms with Gasteiger partial charge in [-0.2, -0.15) is 0 Å². The Kier molecular flexibility index (Phi) is 5.78. The van der Waals surface area contributed by atoms with Crippen LogP contribution >= 0.6 is 0 Å². The number of hydrogen-bond acceptors (Lipinski definition) is 6. The standard InChI is InChI=1S/C38H44N2O4/c39-29-3-1-5-31(33(29)41)43-35-27(37-15-21-9-22(16-37)11-23(10-21)17-37)7-8-28(36(35)44-32-6-2-4-30(40)34(32)42)38-18-24-12-25(19-38)14-26(13-24)20-38/h1-8,21-26,41-42H,9-20,39-40H2. The Morgan fingerprint density at radius 2 is 0.818 bits per heavy atom. The number of rotatable bonds is 6. The van der Waals surface area contributed by atoms with Crippen LogP contribution in [-0.4, -0.2) is 10.2 Å². The second-order valence-electron chi connectivity index (χ2n) is 15.8. The van der Waals surface area contributed by atoms with Crippen molar-refractivity contribution in [3.63, 3.8) is 0 Å². The lowest BCUT2D eigenvalue weighted by atomic mass is 9.47. The quantitative estimate of drug-likeness (QED) is 0.168. The minimum atomic E-state index is -0.0538. The molecule has 6 nitrogen and oxygen atoms in total. The van der Waals surface area contributed by atoms with E-state index in [1.165, 1.54) is 88.2 Å². The molecule has 3 aromatic rings. The SMILES string of the molecule is Nc1cccc(Oc2c(C34CC5CC(CC(C5)C3)C4)ccc(C34CC5CC(CC(C5)C3)C4)c2Oc2cccc(N)c2O)c1O. The number of anilines is 2. The topological polar surface area (TPSA) is 111 Å². The van der Waals surface area contributed by atoms with Gasteiger partial charge in [0.15, 0.2) is 34.5 Å². The van der Waals surface area contributed by atoms with E-state index in [9.17, 15) is 10.2 Å². The summed E-state index contributed by atoms with van der Waals surface area (Å²) in [6.45, 7) is 0. The van der Waals surface area contributed by atoms with Gasteiger partial charge in [0.25, 0.3) is 0 Å². The van der Waals surface area contributed by atoms with Crippen LogP contribution in [0.3, 0.4) is 0 Å². The molecule has 8 aliphatic rings. The summed E-state index contributed by atoms with van der Waals surface area (Å²) in [4.78, 5) is 0. The largest absolute Gasteiger partial charge is 0.503 e. The summed E-state index contributed by atoms with van der Waals surface area (Å²) < 4.78 is 13.8. The lowest BCUT2D eigenvalue weighted by Crippen LogP contribution is -2.49. The monoisotopic (exact) mass is 592 g/mol. The van der Waals surface area contributed by atoms with Gasteiger partial charge in [0.05, 0.1) is 11.4 Å². The molecule has 0 amide bonds. The van der Waals surface area contributed by atoms with Crippen LogP contribution in [0, 0.1) is 35.5 Å². The molecular weight excluding hydrogens is 548 g/mol. The highest BCUT2D eigenvalue weighted by molar-refractivity contribution is 5.66. The molecule has 0 unspecified atom stereocenters. The minimum absolute atomic E-state index is 0.00982. The lowest BCUT2D eigenvalue weighted by Gasteiger charge is -2.58. The Labute approximate surface area is 259 Å². The van der Waals surface area contributed by atoms with Crippen molar-refractivity contribution in [3.8, 4) is 34.5 Å². The van der Waals surface area contributed by atoms with Crippen molar-refractivity contribution in [1.29, 1.82) is 0 Å². The maximum absolute atomic E-state index is 11.1. The molecule has 6 heteroatoms. The van der Waals surface area contributed by atoms with E-state index in [4.69, 9.17) is 20.9 Å². The molecular formula is C38H44N2O4. The predicted molar refractivity (Wildman–Crippen MR) is 171 cm³/mol. The zero-order valence-corrected chi connectivity index (χ0v) is 25.4. The first kappa shape index (κ1) is 26.8. The Balaban J connectivity index is 1.28. The Morgan fingerprint density at radius 1 is 0.500 bits per heavy atom. The summed E-state index contributed by atoms with van der Waals surface area (Å²) >= 11 is 0. The van der Waals surface area contributed by atoms with E-state index >= 15 is 0 Å². The van der Waals surface area contributed by atoms with Crippen molar-refractivity contribution < 1.29 is 19.7 Å². The van der Waals surface area contributed by atoms with Crippen LogP contribution in [0.15, 0.2) is 48.5 Å². The summed E-state index contributed by atoms with van der Waals surface area (Å²) in [6.07, 6.45) is 15.1. The first-order chi connectivity index (χ1) is 21.3. The zero-order valence-electron chi connectivity index (χ0n) is 25.4. The van der Waals surface area contributed by atoms with E-state index in [2.05, 4.69) is 12.1 Å². The van der Waals surface area contributed by atoms with Crippen LogP contribution < -0.4 is 20.9 Å². The van der Waals surface area contributed by atoms with Crippen molar-refractivity contribution in [2.24, 2.45) is 35.5 Å². The third-order valence-electron chi connectivity index (χ3n) is 12.8. The molecule has 8 saturated carbocycles. The van der Waals surface area contributed by atoms with Crippen LogP contribution in [-0.2, 0) is 10.8 Å². The number of nitrogens with two attached hydrogens (primary N) is 2. The number of hydrogen-bond donors (Lipinski definition) is 4. The second-order valence-corrected chi connectivity index (χ2v) is 15.8. The molecule has 0 heterocycles. The van der Waals surface area contributed by atoms with Gasteiger partial charge in [-0.3, -0.25) is 0 Å². The van der Waals surface area contributed by atoms with E-state index in [-0.39, 0.29) is 33.7 Å². The highest BCUT2D eigenvalue weighted by Crippen LogP contribution is 2.67.